The van der Waals surface area contributed by atoms with E-state index in [9.17, 15) is 5.11 Å². The maximum Gasteiger partial charge on any atom is 0.134 e. The molecule has 1 atom stereocenters. The number of piperidine rings is 1. The largest absolute Gasteiger partial charge is 0.506 e. The van der Waals surface area contributed by atoms with Gasteiger partial charge in [0.1, 0.15) is 5.75 Å². The number of phenolic OH excluding ortho intramolecular Hbond substituents is 1. The van der Waals surface area contributed by atoms with E-state index in [1.807, 2.05) is 18.2 Å². The summed E-state index contributed by atoms with van der Waals surface area (Å²) in [6.07, 6.45) is 3.60. The first-order valence-corrected chi connectivity index (χ1v) is 5.79. The van der Waals surface area contributed by atoms with E-state index in [0.717, 1.165) is 23.0 Å². The topological polar surface area (TPSA) is 32.3 Å². The summed E-state index contributed by atoms with van der Waals surface area (Å²) in [5, 5.41) is 13.3. The Hall–Kier alpha value is -0.250. The lowest BCUT2D eigenvalue weighted by molar-refractivity contribution is 0.390. The number of hydrogen-bond acceptors (Lipinski definition) is 2. The van der Waals surface area contributed by atoms with Crippen molar-refractivity contribution in [3.05, 3.63) is 28.2 Å². The minimum Gasteiger partial charge on any atom is -0.506 e. The predicted octanol–water partition coefficient (Wildman–Crippen LogP) is 3.39. The quantitative estimate of drug-likeness (QED) is 0.831. The highest BCUT2D eigenvalue weighted by Gasteiger charge is 2.18. The number of phenols is 1. The molecule has 84 valence electrons. The van der Waals surface area contributed by atoms with Gasteiger partial charge in [-0.05, 0) is 41.4 Å². The fraction of sp³-hybridized carbons (Fsp3) is 0.455. The molecule has 1 heterocycles. The average Bonchev–Trinajstić information content (AvgIpc) is 2.23. The lowest BCUT2D eigenvalue weighted by Crippen LogP contribution is -2.26. The molecule has 1 saturated heterocycles. The molecule has 0 saturated carbocycles. The molecule has 15 heavy (non-hydrogen) atoms. The number of nitrogens with one attached hydrogen (secondary N) is 1. The summed E-state index contributed by atoms with van der Waals surface area (Å²) in [5.74, 6) is 0.381. The Balaban J connectivity index is 0.00000112. The standard InChI is InChI=1S/C11H14BrNO.ClH/c12-9-5-3-4-8(11(9)14)10-6-1-2-7-13-10;/h3-5,10,13-14H,1-2,6-7H2;1H/t10-;/m1./s1. The lowest BCUT2D eigenvalue weighted by Gasteiger charge is -2.24. The van der Waals surface area contributed by atoms with Gasteiger partial charge in [-0.1, -0.05) is 18.6 Å². The molecule has 1 aromatic rings. The molecule has 4 heteroatoms. The van der Waals surface area contributed by atoms with Crippen LogP contribution in [0.5, 0.6) is 5.75 Å². The molecule has 2 nitrogen and oxygen atoms in total. The lowest BCUT2D eigenvalue weighted by atomic mass is 9.97. The highest BCUT2D eigenvalue weighted by molar-refractivity contribution is 9.10. The summed E-state index contributed by atoms with van der Waals surface area (Å²) in [7, 11) is 0. The summed E-state index contributed by atoms with van der Waals surface area (Å²) in [5.41, 5.74) is 1.01. The van der Waals surface area contributed by atoms with Gasteiger partial charge in [0.05, 0.1) is 4.47 Å². The Morgan fingerprint density at radius 2 is 2.13 bits per heavy atom. The first-order chi connectivity index (χ1) is 6.79. The van der Waals surface area contributed by atoms with E-state index in [-0.39, 0.29) is 12.4 Å². The van der Waals surface area contributed by atoms with Crippen molar-refractivity contribution in [1.82, 2.24) is 5.32 Å². The zero-order valence-electron chi connectivity index (χ0n) is 8.37. The molecule has 0 aliphatic carbocycles. The van der Waals surface area contributed by atoms with E-state index < -0.39 is 0 Å². The van der Waals surface area contributed by atoms with E-state index >= 15 is 0 Å². The van der Waals surface area contributed by atoms with Crippen LogP contribution in [0.2, 0.25) is 0 Å². The van der Waals surface area contributed by atoms with E-state index in [4.69, 9.17) is 0 Å². The Morgan fingerprint density at radius 1 is 1.33 bits per heavy atom. The van der Waals surface area contributed by atoms with Gasteiger partial charge in [-0.15, -0.1) is 12.4 Å². The molecule has 2 N–H and O–H groups in total. The maximum atomic E-state index is 9.86. The molecule has 0 radical (unpaired) electrons. The van der Waals surface area contributed by atoms with Crippen LogP contribution in [0.4, 0.5) is 0 Å². The van der Waals surface area contributed by atoms with Crippen LogP contribution in [-0.2, 0) is 0 Å². The Kier molecular flexibility index (Phi) is 4.90. The first-order valence-electron chi connectivity index (χ1n) is 5.00. The molecular formula is C11H15BrClNO. The zero-order chi connectivity index (χ0) is 9.97. The number of aromatic hydroxyl groups is 1. The molecular weight excluding hydrogens is 277 g/mol. The van der Waals surface area contributed by atoms with E-state index in [0.29, 0.717) is 11.8 Å². The van der Waals surface area contributed by atoms with Crippen molar-refractivity contribution in [3.63, 3.8) is 0 Å². The number of para-hydroxylation sites is 1. The van der Waals surface area contributed by atoms with Crippen molar-refractivity contribution in [2.75, 3.05) is 6.54 Å². The van der Waals surface area contributed by atoms with Crippen LogP contribution in [-0.4, -0.2) is 11.7 Å². The van der Waals surface area contributed by atoms with Gasteiger partial charge in [0.2, 0.25) is 0 Å². The number of rotatable bonds is 1. The van der Waals surface area contributed by atoms with Gasteiger partial charge in [-0.2, -0.15) is 0 Å². The van der Waals surface area contributed by atoms with Gasteiger partial charge in [-0.25, -0.2) is 0 Å². The fourth-order valence-corrected chi connectivity index (χ4v) is 2.31. The van der Waals surface area contributed by atoms with Crippen molar-refractivity contribution in [1.29, 1.82) is 0 Å². The molecule has 1 aromatic carbocycles. The third kappa shape index (κ3) is 2.86. The second kappa shape index (κ2) is 5.73. The van der Waals surface area contributed by atoms with Crippen LogP contribution in [0.25, 0.3) is 0 Å². The second-order valence-corrected chi connectivity index (χ2v) is 4.53. The van der Waals surface area contributed by atoms with Crippen LogP contribution >= 0.6 is 28.3 Å². The van der Waals surface area contributed by atoms with Crippen molar-refractivity contribution in [2.24, 2.45) is 0 Å². The SMILES string of the molecule is Cl.Oc1c(Br)cccc1[C@H]1CCCCN1. The summed E-state index contributed by atoms with van der Waals surface area (Å²) >= 11 is 3.33. The molecule has 1 aliphatic rings. The van der Waals surface area contributed by atoms with Gasteiger partial charge in [-0.3, -0.25) is 0 Å². The Morgan fingerprint density at radius 3 is 2.80 bits per heavy atom. The predicted molar refractivity (Wildman–Crippen MR) is 67.6 cm³/mol. The monoisotopic (exact) mass is 291 g/mol. The Labute approximate surface area is 105 Å². The van der Waals surface area contributed by atoms with Crippen LogP contribution < -0.4 is 5.32 Å². The number of hydrogen-bond donors (Lipinski definition) is 2. The second-order valence-electron chi connectivity index (χ2n) is 3.68. The van der Waals surface area contributed by atoms with Crippen LogP contribution in [0.3, 0.4) is 0 Å². The van der Waals surface area contributed by atoms with Gasteiger partial charge >= 0.3 is 0 Å². The summed E-state index contributed by atoms with van der Waals surface area (Å²) in [6.45, 7) is 1.05. The van der Waals surface area contributed by atoms with E-state index in [1.165, 1.54) is 12.8 Å². The third-order valence-electron chi connectivity index (χ3n) is 2.70. The summed E-state index contributed by atoms with van der Waals surface area (Å²) in [6, 6.07) is 6.14. The minimum absolute atomic E-state index is 0. The van der Waals surface area contributed by atoms with Crippen molar-refractivity contribution in [3.8, 4) is 5.75 Å². The van der Waals surface area contributed by atoms with Gasteiger partial charge < -0.3 is 10.4 Å². The minimum atomic E-state index is 0. The van der Waals surface area contributed by atoms with Crippen LogP contribution in [0.1, 0.15) is 30.9 Å². The van der Waals surface area contributed by atoms with Gasteiger partial charge in [0.25, 0.3) is 0 Å². The highest BCUT2D eigenvalue weighted by Crippen LogP contribution is 2.34. The van der Waals surface area contributed by atoms with Crippen molar-refractivity contribution < 1.29 is 5.11 Å². The van der Waals surface area contributed by atoms with E-state index in [1.54, 1.807) is 0 Å². The van der Waals surface area contributed by atoms with E-state index in [2.05, 4.69) is 21.2 Å². The first kappa shape index (κ1) is 12.8. The van der Waals surface area contributed by atoms with Crippen molar-refractivity contribution >= 4 is 28.3 Å². The molecule has 2 rings (SSSR count). The van der Waals surface area contributed by atoms with Crippen molar-refractivity contribution in [2.45, 2.75) is 25.3 Å². The molecule has 0 amide bonds. The molecule has 0 bridgehead atoms. The van der Waals surface area contributed by atoms with Gasteiger partial charge in [0.15, 0.2) is 0 Å². The summed E-state index contributed by atoms with van der Waals surface area (Å²) < 4.78 is 0.780. The number of halogens is 2. The third-order valence-corrected chi connectivity index (χ3v) is 3.34. The normalized spacial score (nSPS) is 20.7. The Bertz CT molecular complexity index is 326. The zero-order valence-corrected chi connectivity index (χ0v) is 10.8. The van der Waals surface area contributed by atoms with Crippen LogP contribution in [0, 0.1) is 0 Å². The van der Waals surface area contributed by atoms with Crippen LogP contribution in [0.15, 0.2) is 22.7 Å². The summed E-state index contributed by atoms with van der Waals surface area (Å²) in [4.78, 5) is 0. The highest BCUT2D eigenvalue weighted by atomic mass is 79.9. The van der Waals surface area contributed by atoms with Gasteiger partial charge in [0, 0.05) is 11.6 Å². The molecule has 0 aromatic heterocycles. The molecule has 0 spiro atoms. The molecule has 1 fully saturated rings. The average molecular weight is 293 g/mol. The molecule has 0 unspecified atom stereocenters. The molecule has 1 aliphatic heterocycles. The maximum absolute atomic E-state index is 9.86. The fourth-order valence-electron chi connectivity index (χ4n) is 1.93. The smallest absolute Gasteiger partial charge is 0.134 e. The number of benzene rings is 1.